The average Bonchev–Trinajstić information content (AvgIpc) is 2.68. The van der Waals surface area contributed by atoms with Crippen LogP contribution >= 0.6 is 0 Å². The lowest BCUT2D eigenvalue weighted by Crippen LogP contribution is -2.44. The number of carbonyl (C=O) groups is 2. The summed E-state index contributed by atoms with van der Waals surface area (Å²) in [6, 6.07) is 19.1. The highest BCUT2D eigenvalue weighted by atomic mass is 16.5. The maximum atomic E-state index is 12.6. The van der Waals surface area contributed by atoms with Crippen LogP contribution in [0.15, 0.2) is 66.7 Å². The molecule has 0 saturated heterocycles. The Kier molecular flexibility index (Phi) is 5.78. The van der Waals surface area contributed by atoms with Crippen molar-refractivity contribution in [2.24, 2.45) is 0 Å². The number of pyridine rings is 1. The third-order valence-electron chi connectivity index (χ3n) is 4.26. The second-order valence-corrected chi connectivity index (χ2v) is 6.13. The van der Waals surface area contributed by atoms with Crippen molar-refractivity contribution in [2.75, 3.05) is 7.11 Å². The third kappa shape index (κ3) is 4.48. The van der Waals surface area contributed by atoms with Crippen molar-refractivity contribution in [1.29, 1.82) is 0 Å². The molecular weight excluding hydrogens is 344 g/mol. The number of amides is 1. The van der Waals surface area contributed by atoms with Gasteiger partial charge in [-0.1, -0.05) is 54.6 Å². The normalized spacial score (nSPS) is 13.1. The molecule has 0 bridgehead atoms. The lowest BCUT2D eigenvalue weighted by molar-refractivity contribution is -0.144. The van der Waals surface area contributed by atoms with Gasteiger partial charge in [0.15, 0.2) is 6.10 Å². The van der Waals surface area contributed by atoms with Crippen LogP contribution in [0, 0.1) is 0 Å². The number of fused-ring (bicyclic) bond motifs is 1. The van der Waals surface area contributed by atoms with Crippen LogP contribution in [0.5, 0.6) is 0 Å². The minimum atomic E-state index is -1.12. The number of carbonyl (C=O) groups excluding carboxylic acids is 1. The molecular formula is C21H20N2O4. The first kappa shape index (κ1) is 18.5. The quantitative estimate of drug-likeness (QED) is 0.673. The molecule has 3 rings (SSSR count). The number of aliphatic carboxylic acids is 1. The minimum Gasteiger partial charge on any atom is -0.480 e. The molecule has 2 N–H and O–H groups in total. The van der Waals surface area contributed by atoms with Crippen LogP contribution in [0.2, 0.25) is 0 Å². The number of carboxylic acids is 1. The Morgan fingerprint density at radius 3 is 2.44 bits per heavy atom. The summed E-state index contributed by atoms with van der Waals surface area (Å²) >= 11 is 0. The predicted octanol–water partition coefficient (Wildman–Crippen LogP) is 2.73. The summed E-state index contributed by atoms with van der Waals surface area (Å²) in [7, 11) is 1.41. The van der Waals surface area contributed by atoms with E-state index in [-0.39, 0.29) is 6.42 Å². The summed E-state index contributed by atoms with van der Waals surface area (Å²) in [5.41, 5.74) is 2.03. The molecule has 138 valence electrons. The summed E-state index contributed by atoms with van der Waals surface area (Å²) in [5, 5.41) is 13.1. The van der Waals surface area contributed by atoms with E-state index in [9.17, 15) is 14.7 Å². The highest BCUT2D eigenvalue weighted by molar-refractivity contribution is 5.87. The topological polar surface area (TPSA) is 88.5 Å². The van der Waals surface area contributed by atoms with Gasteiger partial charge in [-0.25, -0.2) is 4.79 Å². The number of methoxy groups -OCH3 is 1. The Balaban J connectivity index is 1.76. The van der Waals surface area contributed by atoms with Gasteiger partial charge in [0.25, 0.3) is 5.91 Å². The molecule has 1 aromatic heterocycles. The monoisotopic (exact) mass is 364 g/mol. The first-order valence-electron chi connectivity index (χ1n) is 8.54. The van der Waals surface area contributed by atoms with Gasteiger partial charge >= 0.3 is 5.97 Å². The Morgan fingerprint density at radius 2 is 1.74 bits per heavy atom. The summed E-state index contributed by atoms with van der Waals surface area (Å²) in [4.78, 5) is 28.7. The maximum Gasteiger partial charge on any atom is 0.326 e. The first-order chi connectivity index (χ1) is 13.1. The fourth-order valence-corrected chi connectivity index (χ4v) is 2.90. The van der Waals surface area contributed by atoms with Crippen LogP contribution in [-0.2, 0) is 20.7 Å². The molecule has 0 spiro atoms. The van der Waals surface area contributed by atoms with Gasteiger partial charge in [-0.05, 0) is 17.7 Å². The zero-order chi connectivity index (χ0) is 19.2. The van der Waals surface area contributed by atoms with Gasteiger partial charge in [0.05, 0.1) is 5.52 Å². The van der Waals surface area contributed by atoms with Crippen molar-refractivity contribution >= 4 is 22.8 Å². The van der Waals surface area contributed by atoms with Crippen LogP contribution in [0.25, 0.3) is 10.9 Å². The third-order valence-corrected chi connectivity index (χ3v) is 4.26. The highest BCUT2D eigenvalue weighted by Gasteiger charge is 2.26. The van der Waals surface area contributed by atoms with E-state index in [1.165, 1.54) is 7.11 Å². The number of nitrogens with zero attached hydrogens (tertiary/aromatic N) is 1. The van der Waals surface area contributed by atoms with Crippen LogP contribution < -0.4 is 5.32 Å². The predicted molar refractivity (Wildman–Crippen MR) is 101 cm³/mol. The number of ether oxygens (including phenoxy) is 1. The standard InChI is InChI=1S/C21H20N2O4/c1-27-19(15-8-3-2-4-9-15)20(24)23-18(21(25)26)13-16-12-11-14-7-5-6-10-17(14)22-16/h2-12,18-19H,13H2,1H3,(H,23,24)(H,25,26)/t18-,19+/m1/s1. The van der Waals surface area contributed by atoms with E-state index in [1.54, 1.807) is 30.3 Å². The number of nitrogens with one attached hydrogen (secondary N) is 1. The molecule has 6 heteroatoms. The van der Waals surface area contributed by atoms with E-state index < -0.39 is 24.0 Å². The van der Waals surface area contributed by atoms with Gasteiger partial charge in [0.2, 0.25) is 0 Å². The van der Waals surface area contributed by atoms with Crippen LogP contribution in [-0.4, -0.2) is 35.1 Å². The Bertz CT molecular complexity index is 943. The van der Waals surface area contributed by atoms with Gasteiger partial charge < -0.3 is 15.2 Å². The summed E-state index contributed by atoms with van der Waals surface area (Å²) in [6.45, 7) is 0. The number of para-hydroxylation sites is 1. The molecule has 1 amide bonds. The smallest absolute Gasteiger partial charge is 0.326 e. The second kappa shape index (κ2) is 8.42. The zero-order valence-corrected chi connectivity index (χ0v) is 14.8. The Morgan fingerprint density at radius 1 is 1.04 bits per heavy atom. The number of hydrogen-bond acceptors (Lipinski definition) is 4. The Hall–Kier alpha value is -3.25. The largest absolute Gasteiger partial charge is 0.480 e. The van der Waals surface area contributed by atoms with Gasteiger partial charge in [-0.15, -0.1) is 0 Å². The van der Waals surface area contributed by atoms with Crippen molar-refractivity contribution in [3.8, 4) is 0 Å². The van der Waals surface area contributed by atoms with Crippen molar-refractivity contribution in [2.45, 2.75) is 18.6 Å². The number of rotatable bonds is 7. The molecule has 0 aliphatic heterocycles. The van der Waals surface area contributed by atoms with E-state index in [0.29, 0.717) is 11.3 Å². The molecule has 0 unspecified atom stereocenters. The lowest BCUT2D eigenvalue weighted by Gasteiger charge is -2.19. The molecule has 0 aliphatic rings. The zero-order valence-electron chi connectivity index (χ0n) is 14.8. The molecule has 0 radical (unpaired) electrons. The fourth-order valence-electron chi connectivity index (χ4n) is 2.90. The van der Waals surface area contributed by atoms with Gasteiger partial charge in [0.1, 0.15) is 6.04 Å². The minimum absolute atomic E-state index is 0.0805. The van der Waals surface area contributed by atoms with Crippen molar-refractivity contribution < 1.29 is 19.4 Å². The van der Waals surface area contributed by atoms with Gasteiger partial charge in [-0.3, -0.25) is 9.78 Å². The number of aromatic nitrogens is 1. The SMILES string of the molecule is CO[C@H](C(=O)N[C@H](Cc1ccc2ccccc2n1)C(=O)O)c1ccccc1. The molecule has 1 heterocycles. The molecule has 3 aromatic rings. The van der Waals surface area contributed by atoms with Crippen molar-refractivity contribution in [1.82, 2.24) is 10.3 Å². The summed E-state index contributed by atoms with van der Waals surface area (Å²) in [6.07, 6.45) is -0.797. The fraction of sp³-hybridized carbons (Fsp3) is 0.190. The van der Waals surface area contributed by atoms with E-state index in [0.717, 1.165) is 10.9 Å². The second-order valence-electron chi connectivity index (χ2n) is 6.13. The number of benzene rings is 2. The summed E-state index contributed by atoms with van der Waals surface area (Å²) < 4.78 is 5.27. The average molecular weight is 364 g/mol. The van der Waals surface area contributed by atoms with Crippen LogP contribution in [0.4, 0.5) is 0 Å². The highest BCUT2D eigenvalue weighted by Crippen LogP contribution is 2.17. The maximum absolute atomic E-state index is 12.6. The van der Waals surface area contributed by atoms with Gasteiger partial charge in [-0.2, -0.15) is 0 Å². The first-order valence-corrected chi connectivity index (χ1v) is 8.54. The number of hydrogen-bond donors (Lipinski definition) is 2. The molecule has 0 saturated carbocycles. The molecule has 6 nitrogen and oxygen atoms in total. The molecule has 2 aromatic carbocycles. The molecule has 2 atom stereocenters. The van der Waals surface area contributed by atoms with Crippen LogP contribution in [0.1, 0.15) is 17.4 Å². The van der Waals surface area contributed by atoms with E-state index >= 15 is 0 Å². The van der Waals surface area contributed by atoms with Crippen molar-refractivity contribution in [3.05, 3.63) is 78.0 Å². The number of carboxylic acid groups (broad SMARTS) is 1. The molecule has 27 heavy (non-hydrogen) atoms. The molecule has 0 aliphatic carbocycles. The van der Waals surface area contributed by atoms with Crippen molar-refractivity contribution in [3.63, 3.8) is 0 Å². The van der Waals surface area contributed by atoms with Crippen LogP contribution in [0.3, 0.4) is 0 Å². The van der Waals surface area contributed by atoms with E-state index in [1.807, 2.05) is 36.4 Å². The Labute approximate surface area is 156 Å². The van der Waals surface area contributed by atoms with E-state index in [4.69, 9.17) is 4.74 Å². The summed E-state index contributed by atoms with van der Waals surface area (Å²) in [5.74, 6) is -1.63. The van der Waals surface area contributed by atoms with Gasteiger partial charge in [0, 0.05) is 24.6 Å². The molecule has 0 fully saturated rings. The van der Waals surface area contributed by atoms with E-state index in [2.05, 4.69) is 10.3 Å². The lowest BCUT2D eigenvalue weighted by atomic mass is 10.1.